The Kier molecular flexibility index (Phi) is 2.74. The highest BCUT2D eigenvalue weighted by atomic mass is 16.4. The van der Waals surface area contributed by atoms with Crippen LogP contribution in [0.3, 0.4) is 0 Å². The Morgan fingerprint density at radius 1 is 1.25 bits per heavy atom. The molecule has 0 unspecified atom stereocenters. The van der Waals surface area contributed by atoms with Crippen LogP contribution >= 0.6 is 0 Å². The average molecular weight is 223 g/mol. The summed E-state index contributed by atoms with van der Waals surface area (Å²) in [5, 5.41) is 12.0. The van der Waals surface area contributed by atoms with Gasteiger partial charge in [0.2, 0.25) is 5.91 Å². The molecular weight excluding hydrogens is 206 g/mol. The minimum Gasteiger partial charge on any atom is -0.481 e. The molecule has 0 saturated heterocycles. The van der Waals surface area contributed by atoms with Crippen molar-refractivity contribution in [2.75, 3.05) is 0 Å². The first-order valence-electron chi connectivity index (χ1n) is 5.72. The van der Waals surface area contributed by atoms with Crippen LogP contribution in [0.15, 0.2) is 12.2 Å². The first kappa shape index (κ1) is 11.2. The summed E-state index contributed by atoms with van der Waals surface area (Å²) in [6.45, 7) is 3.77. The number of aliphatic carboxylic acids is 1. The SMILES string of the molecule is CC(C)NC(=O)[C@@H]1[C@@H](C(=O)O)[C@H]2C=C[C@@H]1C2. The number of amides is 1. The number of carbonyl (C=O) groups is 2. The van der Waals surface area contributed by atoms with Gasteiger partial charge < -0.3 is 10.4 Å². The van der Waals surface area contributed by atoms with E-state index < -0.39 is 11.9 Å². The first-order chi connectivity index (χ1) is 7.50. The molecule has 0 spiro atoms. The van der Waals surface area contributed by atoms with E-state index in [0.29, 0.717) is 0 Å². The lowest BCUT2D eigenvalue weighted by Crippen LogP contribution is -2.42. The van der Waals surface area contributed by atoms with Gasteiger partial charge in [-0.2, -0.15) is 0 Å². The number of rotatable bonds is 3. The molecule has 16 heavy (non-hydrogen) atoms. The molecule has 4 nitrogen and oxygen atoms in total. The van der Waals surface area contributed by atoms with E-state index in [2.05, 4.69) is 5.32 Å². The van der Waals surface area contributed by atoms with Crippen LogP contribution in [0.4, 0.5) is 0 Å². The molecule has 2 rings (SSSR count). The van der Waals surface area contributed by atoms with E-state index in [-0.39, 0.29) is 29.7 Å². The van der Waals surface area contributed by atoms with E-state index >= 15 is 0 Å². The minimum atomic E-state index is -0.847. The van der Waals surface area contributed by atoms with Gasteiger partial charge in [-0.25, -0.2) is 0 Å². The van der Waals surface area contributed by atoms with Gasteiger partial charge in [0.05, 0.1) is 11.8 Å². The number of hydrogen-bond acceptors (Lipinski definition) is 2. The number of fused-ring (bicyclic) bond motifs is 2. The van der Waals surface area contributed by atoms with Crippen molar-refractivity contribution in [3.63, 3.8) is 0 Å². The maximum Gasteiger partial charge on any atom is 0.307 e. The Labute approximate surface area is 94.7 Å². The fourth-order valence-corrected chi connectivity index (χ4v) is 2.90. The lowest BCUT2D eigenvalue weighted by atomic mass is 9.82. The zero-order valence-corrected chi connectivity index (χ0v) is 9.51. The van der Waals surface area contributed by atoms with Crippen LogP contribution in [0.25, 0.3) is 0 Å². The van der Waals surface area contributed by atoms with Crippen molar-refractivity contribution in [3.05, 3.63) is 12.2 Å². The minimum absolute atomic E-state index is 0.0467. The van der Waals surface area contributed by atoms with Gasteiger partial charge in [0, 0.05) is 6.04 Å². The third kappa shape index (κ3) is 1.72. The molecule has 2 aliphatic rings. The van der Waals surface area contributed by atoms with Gasteiger partial charge in [-0.1, -0.05) is 12.2 Å². The predicted molar refractivity (Wildman–Crippen MR) is 58.6 cm³/mol. The molecule has 2 N–H and O–H groups in total. The molecule has 0 aromatic carbocycles. The smallest absolute Gasteiger partial charge is 0.307 e. The monoisotopic (exact) mass is 223 g/mol. The lowest BCUT2D eigenvalue weighted by molar-refractivity contribution is -0.147. The van der Waals surface area contributed by atoms with E-state index in [4.69, 9.17) is 0 Å². The van der Waals surface area contributed by atoms with E-state index in [1.165, 1.54) is 0 Å². The summed E-state index contributed by atoms with van der Waals surface area (Å²) in [4.78, 5) is 23.1. The Morgan fingerprint density at radius 2 is 1.81 bits per heavy atom. The molecular formula is C12H17NO3. The highest BCUT2D eigenvalue weighted by molar-refractivity contribution is 5.86. The average Bonchev–Trinajstić information content (AvgIpc) is 2.74. The fraction of sp³-hybridized carbons (Fsp3) is 0.667. The predicted octanol–water partition coefficient (Wildman–Crippen LogP) is 1.03. The van der Waals surface area contributed by atoms with Crippen LogP contribution in [0.2, 0.25) is 0 Å². The molecule has 88 valence electrons. The van der Waals surface area contributed by atoms with Gasteiger partial charge in [0.1, 0.15) is 0 Å². The number of hydrogen-bond donors (Lipinski definition) is 2. The molecule has 0 heterocycles. The van der Waals surface area contributed by atoms with Crippen molar-refractivity contribution in [2.45, 2.75) is 26.3 Å². The summed E-state index contributed by atoms with van der Waals surface area (Å²) >= 11 is 0. The largest absolute Gasteiger partial charge is 0.481 e. The zero-order valence-electron chi connectivity index (χ0n) is 9.51. The fourth-order valence-electron chi connectivity index (χ4n) is 2.90. The van der Waals surface area contributed by atoms with Crippen LogP contribution < -0.4 is 5.32 Å². The van der Waals surface area contributed by atoms with Crippen molar-refractivity contribution < 1.29 is 14.7 Å². The van der Waals surface area contributed by atoms with E-state index in [1.807, 2.05) is 26.0 Å². The third-order valence-corrected chi connectivity index (χ3v) is 3.48. The van der Waals surface area contributed by atoms with Crippen LogP contribution in [0.5, 0.6) is 0 Å². The molecule has 2 bridgehead atoms. The van der Waals surface area contributed by atoms with Crippen molar-refractivity contribution in [1.29, 1.82) is 0 Å². The number of carboxylic acids is 1. The third-order valence-electron chi connectivity index (χ3n) is 3.48. The molecule has 4 heteroatoms. The first-order valence-corrected chi connectivity index (χ1v) is 5.72. The Hall–Kier alpha value is -1.32. The summed E-state index contributed by atoms with van der Waals surface area (Å²) in [6.07, 6.45) is 4.75. The van der Waals surface area contributed by atoms with E-state index in [0.717, 1.165) is 6.42 Å². The van der Waals surface area contributed by atoms with Gasteiger partial charge in [-0.15, -0.1) is 0 Å². The van der Waals surface area contributed by atoms with Crippen LogP contribution in [-0.2, 0) is 9.59 Å². The van der Waals surface area contributed by atoms with Crippen LogP contribution in [0.1, 0.15) is 20.3 Å². The van der Waals surface area contributed by atoms with E-state index in [9.17, 15) is 14.7 Å². The van der Waals surface area contributed by atoms with Crippen molar-refractivity contribution in [3.8, 4) is 0 Å². The highest BCUT2D eigenvalue weighted by Crippen LogP contribution is 2.48. The molecule has 1 saturated carbocycles. The number of allylic oxidation sites excluding steroid dienone is 2. The molecule has 4 atom stereocenters. The summed E-state index contributed by atoms with van der Waals surface area (Å²) in [7, 11) is 0. The van der Waals surface area contributed by atoms with Crippen LogP contribution in [0, 0.1) is 23.7 Å². The van der Waals surface area contributed by atoms with Gasteiger partial charge in [0.25, 0.3) is 0 Å². The van der Waals surface area contributed by atoms with Gasteiger partial charge in [-0.05, 0) is 32.1 Å². The molecule has 2 aliphatic carbocycles. The van der Waals surface area contributed by atoms with Crippen LogP contribution in [-0.4, -0.2) is 23.0 Å². The number of nitrogens with one attached hydrogen (secondary N) is 1. The standard InChI is InChI=1S/C12H17NO3/c1-6(2)13-11(14)9-7-3-4-8(5-7)10(9)12(15)16/h3-4,6-10H,5H2,1-2H3,(H,13,14)(H,15,16)/t7-,8+,9+,10+/m1/s1. The van der Waals surface area contributed by atoms with Crippen molar-refractivity contribution in [2.24, 2.45) is 23.7 Å². The molecule has 0 radical (unpaired) electrons. The van der Waals surface area contributed by atoms with E-state index in [1.54, 1.807) is 0 Å². The zero-order chi connectivity index (χ0) is 11.9. The normalized spacial score (nSPS) is 35.7. The molecule has 1 amide bonds. The quantitative estimate of drug-likeness (QED) is 0.702. The number of carbonyl (C=O) groups excluding carboxylic acids is 1. The molecule has 0 aromatic heterocycles. The second kappa shape index (κ2) is 3.92. The maximum absolute atomic E-state index is 12.0. The molecule has 0 aliphatic heterocycles. The summed E-state index contributed by atoms with van der Waals surface area (Å²) in [6, 6.07) is 0.0602. The second-order valence-corrected chi connectivity index (χ2v) is 5.00. The molecule has 0 aromatic rings. The Morgan fingerprint density at radius 3 is 2.31 bits per heavy atom. The lowest BCUT2D eigenvalue weighted by Gasteiger charge is -2.24. The summed E-state index contributed by atoms with van der Waals surface area (Å²) in [5.41, 5.74) is 0. The van der Waals surface area contributed by atoms with Crippen molar-refractivity contribution in [1.82, 2.24) is 5.32 Å². The summed E-state index contributed by atoms with van der Waals surface area (Å²) in [5.74, 6) is -1.71. The second-order valence-electron chi connectivity index (χ2n) is 5.00. The Bertz CT molecular complexity index is 348. The topological polar surface area (TPSA) is 66.4 Å². The van der Waals surface area contributed by atoms with Gasteiger partial charge in [0.15, 0.2) is 0 Å². The maximum atomic E-state index is 12.0. The summed E-state index contributed by atoms with van der Waals surface area (Å²) < 4.78 is 0. The highest BCUT2D eigenvalue weighted by Gasteiger charge is 2.51. The van der Waals surface area contributed by atoms with Gasteiger partial charge >= 0.3 is 5.97 Å². The molecule has 1 fully saturated rings. The van der Waals surface area contributed by atoms with Gasteiger partial charge in [-0.3, -0.25) is 9.59 Å². The number of carboxylic acid groups (broad SMARTS) is 1. The Balaban J connectivity index is 2.16. The van der Waals surface area contributed by atoms with Crippen molar-refractivity contribution >= 4 is 11.9 Å².